The number of aryl methyl sites for hydroxylation is 1. The predicted molar refractivity (Wildman–Crippen MR) is 73.2 cm³/mol. The Morgan fingerprint density at radius 2 is 2.00 bits per heavy atom. The van der Waals surface area contributed by atoms with Crippen molar-refractivity contribution < 1.29 is 0 Å². The number of nitrogens with zero attached hydrogens (tertiary/aromatic N) is 1. The zero-order chi connectivity index (χ0) is 12.1. The molecule has 1 aromatic rings. The van der Waals surface area contributed by atoms with Crippen molar-refractivity contribution >= 4 is 11.3 Å². The van der Waals surface area contributed by atoms with Crippen LogP contribution in [-0.4, -0.2) is 31.1 Å². The van der Waals surface area contributed by atoms with Gasteiger partial charge in [0.2, 0.25) is 0 Å². The SMILES string of the molecule is Cc1ccc(C(C)NCCN(C)C(C)C)s1. The fraction of sp³-hybridized carbons (Fsp3) is 0.692. The van der Waals surface area contributed by atoms with Gasteiger partial charge in [0.15, 0.2) is 0 Å². The maximum absolute atomic E-state index is 3.57. The molecule has 0 radical (unpaired) electrons. The van der Waals surface area contributed by atoms with Crippen molar-refractivity contribution in [2.75, 3.05) is 20.1 Å². The first-order valence-corrected chi connectivity index (χ1v) is 6.82. The minimum absolute atomic E-state index is 0.472. The van der Waals surface area contributed by atoms with Crippen molar-refractivity contribution in [2.45, 2.75) is 39.8 Å². The van der Waals surface area contributed by atoms with E-state index in [0.717, 1.165) is 13.1 Å². The molecule has 0 saturated heterocycles. The number of hydrogen-bond donors (Lipinski definition) is 1. The summed E-state index contributed by atoms with van der Waals surface area (Å²) in [5.74, 6) is 0. The summed E-state index contributed by atoms with van der Waals surface area (Å²) in [5.41, 5.74) is 0. The van der Waals surface area contributed by atoms with Crippen molar-refractivity contribution in [3.8, 4) is 0 Å². The number of likely N-dealkylation sites (N-methyl/N-ethyl adjacent to an activating group) is 1. The Morgan fingerprint density at radius 1 is 1.31 bits per heavy atom. The molecular formula is C13H24N2S. The lowest BCUT2D eigenvalue weighted by Crippen LogP contribution is -2.34. The van der Waals surface area contributed by atoms with Crippen LogP contribution in [0.1, 0.15) is 36.6 Å². The Balaban J connectivity index is 2.28. The van der Waals surface area contributed by atoms with E-state index in [4.69, 9.17) is 0 Å². The molecule has 16 heavy (non-hydrogen) atoms. The molecule has 2 nitrogen and oxygen atoms in total. The molecule has 1 heterocycles. The fourth-order valence-electron chi connectivity index (χ4n) is 1.50. The van der Waals surface area contributed by atoms with Gasteiger partial charge in [0.05, 0.1) is 0 Å². The standard InChI is InChI=1S/C13H24N2S/c1-10(2)15(5)9-8-14-12(4)13-7-6-11(3)16-13/h6-7,10,12,14H,8-9H2,1-5H3. The van der Waals surface area contributed by atoms with Gasteiger partial charge in [-0.3, -0.25) is 0 Å². The average Bonchev–Trinajstić information content (AvgIpc) is 2.64. The van der Waals surface area contributed by atoms with Crippen LogP contribution in [0.15, 0.2) is 12.1 Å². The summed E-state index contributed by atoms with van der Waals surface area (Å²) in [6.07, 6.45) is 0. The molecule has 3 heteroatoms. The molecule has 0 amide bonds. The van der Waals surface area contributed by atoms with Gasteiger partial charge in [0.25, 0.3) is 0 Å². The molecule has 0 aliphatic rings. The maximum Gasteiger partial charge on any atom is 0.0386 e. The topological polar surface area (TPSA) is 15.3 Å². The van der Waals surface area contributed by atoms with Gasteiger partial charge in [0, 0.05) is 34.9 Å². The summed E-state index contributed by atoms with van der Waals surface area (Å²) in [6.45, 7) is 11.0. The van der Waals surface area contributed by atoms with E-state index in [1.807, 2.05) is 11.3 Å². The zero-order valence-corrected chi connectivity index (χ0v) is 11.9. The zero-order valence-electron chi connectivity index (χ0n) is 11.1. The Hall–Kier alpha value is -0.380. The van der Waals surface area contributed by atoms with Gasteiger partial charge in [-0.25, -0.2) is 0 Å². The van der Waals surface area contributed by atoms with E-state index < -0.39 is 0 Å². The Bertz CT molecular complexity index is 307. The van der Waals surface area contributed by atoms with Crippen molar-refractivity contribution in [3.63, 3.8) is 0 Å². The number of rotatable bonds is 6. The van der Waals surface area contributed by atoms with Crippen LogP contribution in [0.3, 0.4) is 0 Å². The molecule has 0 bridgehead atoms. The number of nitrogens with one attached hydrogen (secondary N) is 1. The van der Waals surface area contributed by atoms with Crippen molar-refractivity contribution in [1.82, 2.24) is 10.2 Å². The van der Waals surface area contributed by atoms with Crippen LogP contribution in [0.5, 0.6) is 0 Å². The smallest absolute Gasteiger partial charge is 0.0386 e. The van der Waals surface area contributed by atoms with E-state index in [-0.39, 0.29) is 0 Å². The average molecular weight is 240 g/mol. The summed E-state index contributed by atoms with van der Waals surface area (Å²) >= 11 is 1.88. The molecule has 0 saturated carbocycles. The van der Waals surface area contributed by atoms with Crippen LogP contribution >= 0.6 is 11.3 Å². The number of hydrogen-bond acceptors (Lipinski definition) is 3. The van der Waals surface area contributed by atoms with Gasteiger partial charge >= 0.3 is 0 Å². The van der Waals surface area contributed by atoms with Crippen LogP contribution in [0.2, 0.25) is 0 Å². The molecule has 0 aromatic carbocycles. The van der Waals surface area contributed by atoms with Crippen LogP contribution in [0.4, 0.5) is 0 Å². The van der Waals surface area contributed by atoms with E-state index in [1.165, 1.54) is 9.75 Å². The van der Waals surface area contributed by atoms with E-state index in [0.29, 0.717) is 12.1 Å². The quantitative estimate of drug-likeness (QED) is 0.822. The fourth-order valence-corrected chi connectivity index (χ4v) is 2.41. The first-order chi connectivity index (χ1) is 7.50. The Labute approximate surface area is 104 Å². The van der Waals surface area contributed by atoms with Crippen molar-refractivity contribution in [3.05, 3.63) is 21.9 Å². The summed E-state index contributed by atoms with van der Waals surface area (Å²) in [7, 11) is 2.17. The summed E-state index contributed by atoms with van der Waals surface area (Å²) < 4.78 is 0. The van der Waals surface area contributed by atoms with Gasteiger partial charge in [-0.05, 0) is 46.9 Å². The number of thiophene rings is 1. The van der Waals surface area contributed by atoms with Crippen LogP contribution in [-0.2, 0) is 0 Å². The van der Waals surface area contributed by atoms with Crippen molar-refractivity contribution in [1.29, 1.82) is 0 Å². The maximum atomic E-state index is 3.57. The molecule has 0 aliphatic heterocycles. The molecule has 1 aromatic heterocycles. The highest BCUT2D eigenvalue weighted by molar-refractivity contribution is 7.12. The summed E-state index contributed by atoms with van der Waals surface area (Å²) in [6, 6.07) is 5.52. The largest absolute Gasteiger partial charge is 0.308 e. The first-order valence-electron chi connectivity index (χ1n) is 6.00. The van der Waals surface area contributed by atoms with E-state index in [2.05, 4.69) is 57.1 Å². The monoisotopic (exact) mass is 240 g/mol. The van der Waals surface area contributed by atoms with Gasteiger partial charge in [-0.1, -0.05) is 0 Å². The van der Waals surface area contributed by atoms with Gasteiger partial charge in [-0.2, -0.15) is 0 Å². The normalized spacial score (nSPS) is 13.7. The second-order valence-corrected chi connectivity index (χ2v) is 6.02. The second kappa shape index (κ2) is 6.38. The van der Waals surface area contributed by atoms with Gasteiger partial charge in [0.1, 0.15) is 0 Å². The molecule has 1 unspecified atom stereocenters. The Morgan fingerprint density at radius 3 is 2.50 bits per heavy atom. The minimum atomic E-state index is 0.472. The highest BCUT2D eigenvalue weighted by Gasteiger charge is 2.07. The predicted octanol–water partition coefficient (Wildman–Crippen LogP) is 3.05. The van der Waals surface area contributed by atoms with Crippen LogP contribution < -0.4 is 5.32 Å². The highest BCUT2D eigenvalue weighted by atomic mass is 32.1. The van der Waals surface area contributed by atoms with Crippen molar-refractivity contribution in [2.24, 2.45) is 0 Å². The van der Waals surface area contributed by atoms with Gasteiger partial charge < -0.3 is 10.2 Å². The lowest BCUT2D eigenvalue weighted by molar-refractivity contribution is 0.270. The van der Waals surface area contributed by atoms with Crippen LogP contribution in [0, 0.1) is 6.92 Å². The first kappa shape index (κ1) is 13.7. The lowest BCUT2D eigenvalue weighted by atomic mass is 10.2. The third kappa shape index (κ3) is 4.24. The minimum Gasteiger partial charge on any atom is -0.308 e. The molecule has 0 spiro atoms. The molecule has 1 rings (SSSR count). The third-order valence-corrected chi connectivity index (χ3v) is 4.17. The lowest BCUT2D eigenvalue weighted by Gasteiger charge is -2.22. The molecule has 92 valence electrons. The summed E-state index contributed by atoms with van der Waals surface area (Å²) in [4.78, 5) is 5.19. The summed E-state index contributed by atoms with van der Waals surface area (Å²) in [5, 5.41) is 3.57. The third-order valence-electron chi connectivity index (χ3n) is 2.98. The van der Waals surface area contributed by atoms with E-state index in [9.17, 15) is 0 Å². The molecular weight excluding hydrogens is 216 g/mol. The van der Waals surface area contributed by atoms with Crippen LogP contribution in [0.25, 0.3) is 0 Å². The van der Waals surface area contributed by atoms with Gasteiger partial charge in [-0.15, -0.1) is 11.3 Å². The highest BCUT2D eigenvalue weighted by Crippen LogP contribution is 2.21. The molecule has 1 atom stereocenters. The molecule has 1 N–H and O–H groups in total. The van der Waals surface area contributed by atoms with E-state index in [1.54, 1.807) is 0 Å². The molecule has 0 aliphatic carbocycles. The Kier molecular flexibility index (Phi) is 5.46. The molecule has 0 fully saturated rings. The second-order valence-electron chi connectivity index (χ2n) is 4.70. The van der Waals surface area contributed by atoms with E-state index >= 15 is 0 Å².